The molecule has 33 heavy (non-hydrogen) atoms. The summed E-state index contributed by atoms with van der Waals surface area (Å²) < 4.78 is 10.9. The predicted molar refractivity (Wildman–Crippen MR) is 125 cm³/mol. The summed E-state index contributed by atoms with van der Waals surface area (Å²) >= 11 is 5.96. The number of benzene rings is 2. The van der Waals surface area contributed by atoms with Crippen LogP contribution in [0.1, 0.15) is 48.0 Å². The Balaban J connectivity index is 2.34. The largest absolute Gasteiger partial charge is 0.496 e. The zero-order chi connectivity index (χ0) is 24.5. The summed E-state index contributed by atoms with van der Waals surface area (Å²) in [7, 11) is 1.42. The number of carbonyl (C=O) groups is 3. The molecule has 0 amide bonds. The fourth-order valence-corrected chi connectivity index (χ4v) is 3.93. The highest BCUT2D eigenvalue weighted by molar-refractivity contribution is 6.30. The molecule has 0 aliphatic rings. The van der Waals surface area contributed by atoms with Crippen molar-refractivity contribution in [3.8, 4) is 5.75 Å². The van der Waals surface area contributed by atoms with E-state index in [9.17, 15) is 19.5 Å². The standard InChI is InChI=1S/C25H24ClNO6/c1-13(2)12-19(28)33-25(4,24(30)31)22-14(3)27-17-10-11-18(32-5)21(20(17)22)23(29)15-6-8-16(26)9-7-15/h6-12,27H,1-5H3,(H,30,31). The van der Waals surface area contributed by atoms with Crippen molar-refractivity contribution >= 4 is 40.2 Å². The van der Waals surface area contributed by atoms with Gasteiger partial charge in [0.2, 0.25) is 5.60 Å². The number of ether oxygens (including phenoxy) is 2. The van der Waals surface area contributed by atoms with Crippen LogP contribution in [-0.2, 0) is 19.9 Å². The number of aromatic amines is 1. The first kappa shape index (κ1) is 24.1. The van der Waals surface area contributed by atoms with Gasteiger partial charge in [-0.3, -0.25) is 4.79 Å². The van der Waals surface area contributed by atoms with Crippen molar-refractivity contribution in [2.24, 2.45) is 0 Å². The lowest BCUT2D eigenvalue weighted by atomic mass is 9.88. The highest BCUT2D eigenvalue weighted by Crippen LogP contribution is 2.41. The van der Waals surface area contributed by atoms with Crippen molar-refractivity contribution in [2.75, 3.05) is 7.11 Å². The number of allylic oxidation sites excluding steroid dienone is 1. The zero-order valence-electron chi connectivity index (χ0n) is 18.9. The molecule has 3 rings (SSSR count). The van der Waals surface area contributed by atoms with E-state index in [0.717, 1.165) is 0 Å². The monoisotopic (exact) mass is 469 g/mol. The number of carboxylic acid groups (broad SMARTS) is 1. The van der Waals surface area contributed by atoms with Crippen LogP contribution in [0.3, 0.4) is 0 Å². The van der Waals surface area contributed by atoms with Crippen molar-refractivity contribution in [3.05, 3.63) is 75.5 Å². The van der Waals surface area contributed by atoms with Gasteiger partial charge < -0.3 is 19.6 Å². The molecule has 0 saturated carbocycles. The molecule has 0 fully saturated rings. The Hall–Kier alpha value is -3.58. The van der Waals surface area contributed by atoms with Gasteiger partial charge in [0.1, 0.15) is 5.75 Å². The Bertz CT molecular complexity index is 1280. The second kappa shape index (κ2) is 9.11. The Labute approximate surface area is 196 Å². The molecule has 2 aromatic carbocycles. The van der Waals surface area contributed by atoms with Crippen LogP contribution in [0.2, 0.25) is 5.02 Å². The van der Waals surface area contributed by atoms with E-state index in [0.29, 0.717) is 32.8 Å². The average Bonchev–Trinajstić information content (AvgIpc) is 3.08. The molecular formula is C25H24ClNO6. The van der Waals surface area contributed by atoms with Crippen molar-refractivity contribution in [1.29, 1.82) is 0 Å². The molecule has 1 unspecified atom stereocenters. The molecular weight excluding hydrogens is 446 g/mol. The maximum Gasteiger partial charge on any atom is 0.352 e. The molecule has 0 radical (unpaired) electrons. The number of carbonyl (C=O) groups excluding carboxylic acids is 2. The number of carboxylic acids is 1. The second-order valence-corrected chi connectivity index (χ2v) is 8.44. The third-order valence-corrected chi connectivity index (χ3v) is 5.52. The summed E-state index contributed by atoms with van der Waals surface area (Å²) in [5.74, 6) is -2.32. The van der Waals surface area contributed by atoms with Gasteiger partial charge in [-0.1, -0.05) is 17.2 Å². The van der Waals surface area contributed by atoms with Gasteiger partial charge in [0.15, 0.2) is 5.78 Å². The van der Waals surface area contributed by atoms with Gasteiger partial charge in [0.25, 0.3) is 0 Å². The lowest BCUT2D eigenvalue weighted by molar-refractivity contribution is -0.174. The molecule has 8 heteroatoms. The molecule has 0 spiro atoms. The van der Waals surface area contributed by atoms with Crippen molar-refractivity contribution < 1.29 is 29.0 Å². The summed E-state index contributed by atoms with van der Waals surface area (Å²) in [5, 5.41) is 10.9. The molecule has 2 N–H and O–H groups in total. The topological polar surface area (TPSA) is 106 Å². The Kier molecular flexibility index (Phi) is 6.65. The molecule has 1 atom stereocenters. The Morgan fingerprint density at radius 2 is 1.73 bits per heavy atom. The van der Waals surface area contributed by atoms with E-state index in [1.165, 1.54) is 20.1 Å². The van der Waals surface area contributed by atoms with E-state index in [4.69, 9.17) is 21.1 Å². The van der Waals surface area contributed by atoms with E-state index in [-0.39, 0.29) is 16.9 Å². The van der Waals surface area contributed by atoms with Crippen LogP contribution in [0.25, 0.3) is 10.9 Å². The van der Waals surface area contributed by atoms with Crippen molar-refractivity contribution in [3.63, 3.8) is 0 Å². The van der Waals surface area contributed by atoms with Crippen LogP contribution in [-0.4, -0.2) is 34.9 Å². The molecule has 0 saturated heterocycles. The first-order valence-electron chi connectivity index (χ1n) is 10.1. The number of H-pyrrole nitrogens is 1. The number of aryl methyl sites for hydroxylation is 1. The van der Waals surface area contributed by atoms with Crippen LogP contribution in [0.15, 0.2) is 48.0 Å². The maximum atomic E-state index is 13.6. The van der Waals surface area contributed by atoms with Gasteiger partial charge >= 0.3 is 11.9 Å². The normalized spacial score (nSPS) is 12.7. The Morgan fingerprint density at radius 1 is 1.09 bits per heavy atom. The third-order valence-electron chi connectivity index (χ3n) is 5.26. The molecule has 1 aromatic heterocycles. The number of ketones is 1. The number of aliphatic carboxylic acids is 1. The van der Waals surface area contributed by atoms with E-state index < -0.39 is 23.3 Å². The van der Waals surface area contributed by atoms with Gasteiger partial charge in [-0.2, -0.15) is 0 Å². The van der Waals surface area contributed by atoms with Gasteiger partial charge in [0.05, 0.1) is 12.7 Å². The van der Waals surface area contributed by atoms with Crippen LogP contribution < -0.4 is 4.74 Å². The number of hydrogen-bond acceptors (Lipinski definition) is 5. The lowest BCUT2D eigenvalue weighted by Crippen LogP contribution is -2.38. The molecule has 0 bridgehead atoms. The quantitative estimate of drug-likeness (QED) is 0.280. The van der Waals surface area contributed by atoms with Crippen molar-refractivity contribution in [2.45, 2.75) is 33.3 Å². The van der Waals surface area contributed by atoms with E-state index in [1.807, 2.05) is 0 Å². The minimum absolute atomic E-state index is 0.155. The average molecular weight is 470 g/mol. The summed E-state index contributed by atoms with van der Waals surface area (Å²) in [6, 6.07) is 9.64. The fourth-order valence-electron chi connectivity index (χ4n) is 3.80. The number of hydrogen-bond donors (Lipinski definition) is 2. The van der Waals surface area contributed by atoms with E-state index in [1.54, 1.807) is 57.2 Å². The summed E-state index contributed by atoms with van der Waals surface area (Å²) in [6.07, 6.45) is 1.21. The number of aromatic nitrogens is 1. The van der Waals surface area contributed by atoms with Crippen LogP contribution in [0.5, 0.6) is 5.75 Å². The highest BCUT2D eigenvalue weighted by atomic mass is 35.5. The van der Waals surface area contributed by atoms with Gasteiger partial charge in [-0.05, 0) is 64.1 Å². The van der Waals surface area contributed by atoms with E-state index in [2.05, 4.69) is 4.98 Å². The van der Waals surface area contributed by atoms with Gasteiger partial charge in [-0.15, -0.1) is 0 Å². The molecule has 0 aliphatic carbocycles. The van der Waals surface area contributed by atoms with Crippen LogP contribution in [0, 0.1) is 6.92 Å². The smallest absolute Gasteiger partial charge is 0.352 e. The number of esters is 1. The molecule has 7 nitrogen and oxygen atoms in total. The number of methoxy groups -OCH3 is 1. The predicted octanol–water partition coefficient (Wildman–Crippen LogP) is 5.18. The Morgan fingerprint density at radius 3 is 2.27 bits per heavy atom. The molecule has 0 aliphatic heterocycles. The second-order valence-electron chi connectivity index (χ2n) is 8.01. The molecule has 1 heterocycles. The van der Waals surface area contributed by atoms with Crippen LogP contribution in [0.4, 0.5) is 0 Å². The first-order chi connectivity index (χ1) is 15.5. The molecule has 3 aromatic rings. The fraction of sp³-hybridized carbons (Fsp3) is 0.240. The minimum atomic E-state index is -2.08. The summed E-state index contributed by atoms with van der Waals surface area (Å²) in [4.78, 5) is 41.6. The summed E-state index contributed by atoms with van der Waals surface area (Å²) in [6.45, 7) is 6.35. The SMILES string of the molecule is COc1ccc2[nH]c(C)c(C(C)(OC(=O)C=C(C)C)C(=O)O)c2c1C(=O)c1ccc(Cl)cc1. The van der Waals surface area contributed by atoms with Crippen molar-refractivity contribution in [1.82, 2.24) is 4.98 Å². The number of nitrogens with one attached hydrogen (secondary N) is 1. The lowest BCUT2D eigenvalue weighted by Gasteiger charge is -2.26. The number of fused-ring (bicyclic) bond motifs is 1. The van der Waals surface area contributed by atoms with E-state index >= 15 is 0 Å². The zero-order valence-corrected chi connectivity index (χ0v) is 19.7. The third kappa shape index (κ3) is 4.50. The number of halogens is 1. The maximum absolute atomic E-state index is 13.6. The minimum Gasteiger partial charge on any atom is -0.496 e. The summed E-state index contributed by atoms with van der Waals surface area (Å²) in [5.41, 5.74) is 0.188. The van der Waals surface area contributed by atoms with Gasteiger partial charge in [-0.25, -0.2) is 9.59 Å². The first-order valence-corrected chi connectivity index (χ1v) is 10.5. The number of rotatable bonds is 7. The molecule has 172 valence electrons. The van der Waals surface area contributed by atoms with Gasteiger partial charge in [0, 0.05) is 38.8 Å². The van der Waals surface area contributed by atoms with Crippen LogP contribution >= 0.6 is 11.6 Å². The highest BCUT2D eigenvalue weighted by Gasteiger charge is 2.44.